The Morgan fingerprint density at radius 3 is 2.85 bits per heavy atom. The molecule has 1 aromatic carbocycles. The summed E-state index contributed by atoms with van der Waals surface area (Å²) in [5.74, 6) is 3.07. The predicted octanol–water partition coefficient (Wildman–Crippen LogP) is 3.55. The Kier molecular flexibility index (Phi) is 5.59. The van der Waals surface area contributed by atoms with Crippen LogP contribution in [-0.2, 0) is 11.3 Å². The smallest absolute Gasteiger partial charge is 0.259 e. The van der Waals surface area contributed by atoms with E-state index >= 15 is 0 Å². The largest absolute Gasteiger partial charge is 0.485 e. The number of nitrogens with one attached hydrogen (secondary N) is 1. The molecule has 0 spiro atoms. The lowest BCUT2D eigenvalue weighted by molar-refractivity contribution is 0.0595. The normalized spacial score (nSPS) is 16.8. The molecule has 0 bridgehead atoms. The van der Waals surface area contributed by atoms with Gasteiger partial charge in [-0.1, -0.05) is 23.4 Å². The van der Waals surface area contributed by atoms with Crippen LogP contribution in [0.15, 0.2) is 53.2 Å². The summed E-state index contributed by atoms with van der Waals surface area (Å²) in [7, 11) is 0. The quantitative estimate of drug-likeness (QED) is 0.685. The van der Waals surface area contributed by atoms with E-state index in [-0.39, 0.29) is 6.61 Å². The summed E-state index contributed by atoms with van der Waals surface area (Å²) in [5, 5.41) is 7.32. The number of benzene rings is 1. The second-order valence-electron chi connectivity index (χ2n) is 6.51. The lowest BCUT2D eigenvalue weighted by Gasteiger charge is -2.22. The fourth-order valence-electron chi connectivity index (χ4n) is 2.94. The van der Waals surface area contributed by atoms with Gasteiger partial charge in [-0.25, -0.2) is 4.98 Å². The van der Waals surface area contributed by atoms with Gasteiger partial charge in [0.15, 0.2) is 6.61 Å². The molecule has 7 nitrogen and oxygen atoms in total. The van der Waals surface area contributed by atoms with Crippen LogP contribution >= 0.6 is 0 Å². The first kappa shape index (κ1) is 17.5. The molecule has 1 atom stereocenters. The minimum absolute atomic E-state index is 0.254. The highest BCUT2D eigenvalue weighted by atomic mass is 16.5. The zero-order valence-electron chi connectivity index (χ0n) is 15.0. The van der Waals surface area contributed by atoms with Crippen molar-refractivity contribution < 1.29 is 14.0 Å². The van der Waals surface area contributed by atoms with Crippen molar-refractivity contribution in [2.24, 2.45) is 5.92 Å². The molecule has 3 aromatic rings. The zero-order valence-corrected chi connectivity index (χ0v) is 15.0. The number of hydrogen-bond acceptors (Lipinski definition) is 7. The molecule has 1 unspecified atom stereocenters. The molecular formula is C20H22N4O3. The van der Waals surface area contributed by atoms with Crippen LogP contribution in [-0.4, -0.2) is 34.9 Å². The minimum atomic E-state index is 0.254. The molecule has 1 fully saturated rings. The molecule has 0 saturated carbocycles. The molecule has 0 amide bonds. The van der Waals surface area contributed by atoms with Gasteiger partial charge in [0.1, 0.15) is 11.6 Å². The summed E-state index contributed by atoms with van der Waals surface area (Å²) >= 11 is 0. The van der Waals surface area contributed by atoms with Gasteiger partial charge in [-0.05, 0) is 43.0 Å². The number of rotatable bonds is 7. The first-order valence-corrected chi connectivity index (χ1v) is 9.15. The van der Waals surface area contributed by atoms with E-state index in [4.69, 9.17) is 14.0 Å². The van der Waals surface area contributed by atoms with Crippen LogP contribution in [0.25, 0.3) is 11.5 Å². The Morgan fingerprint density at radius 2 is 2.07 bits per heavy atom. The molecule has 1 saturated heterocycles. The first-order valence-electron chi connectivity index (χ1n) is 9.15. The van der Waals surface area contributed by atoms with Gasteiger partial charge < -0.3 is 19.3 Å². The summed E-state index contributed by atoms with van der Waals surface area (Å²) in [6.45, 7) is 2.82. The van der Waals surface area contributed by atoms with Gasteiger partial charge >= 0.3 is 0 Å². The van der Waals surface area contributed by atoms with E-state index in [1.807, 2.05) is 42.5 Å². The molecule has 27 heavy (non-hydrogen) atoms. The van der Waals surface area contributed by atoms with E-state index in [1.165, 1.54) is 6.42 Å². The van der Waals surface area contributed by atoms with E-state index in [9.17, 15) is 0 Å². The lowest BCUT2D eigenvalue weighted by Crippen LogP contribution is -2.24. The summed E-state index contributed by atoms with van der Waals surface area (Å²) in [5.41, 5.74) is 0.778. The van der Waals surface area contributed by atoms with Crippen molar-refractivity contribution >= 4 is 5.82 Å². The van der Waals surface area contributed by atoms with Gasteiger partial charge in [-0.2, -0.15) is 4.98 Å². The number of pyridine rings is 1. The topological polar surface area (TPSA) is 82.3 Å². The number of ether oxygens (including phenoxy) is 2. The van der Waals surface area contributed by atoms with Crippen molar-refractivity contribution in [1.82, 2.24) is 15.1 Å². The van der Waals surface area contributed by atoms with E-state index < -0.39 is 0 Å². The molecule has 0 radical (unpaired) electrons. The average molecular weight is 366 g/mol. The summed E-state index contributed by atoms with van der Waals surface area (Å²) in [4.78, 5) is 8.80. The molecule has 140 valence electrons. The van der Waals surface area contributed by atoms with Crippen LogP contribution in [0.1, 0.15) is 18.7 Å². The van der Waals surface area contributed by atoms with E-state index in [2.05, 4.69) is 20.4 Å². The number of para-hydroxylation sites is 1. The van der Waals surface area contributed by atoms with Crippen molar-refractivity contribution in [3.63, 3.8) is 0 Å². The third kappa shape index (κ3) is 4.83. The Bertz CT molecular complexity index is 830. The number of aromatic nitrogens is 3. The maximum absolute atomic E-state index is 5.63. The van der Waals surface area contributed by atoms with Gasteiger partial charge in [0.2, 0.25) is 5.82 Å². The Hall–Kier alpha value is -2.93. The monoisotopic (exact) mass is 366 g/mol. The summed E-state index contributed by atoms with van der Waals surface area (Å²) in [6, 6.07) is 13.4. The third-order valence-corrected chi connectivity index (χ3v) is 4.42. The maximum Gasteiger partial charge on any atom is 0.259 e. The van der Waals surface area contributed by atoms with Crippen LogP contribution in [0.2, 0.25) is 0 Å². The number of nitrogens with zero attached hydrogens (tertiary/aromatic N) is 3. The Morgan fingerprint density at radius 1 is 1.15 bits per heavy atom. The van der Waals surface area contributed by atoms with Crippen molar-refractivity contribution in [3.05, 3.63) is 54.5 Å². The number of hydrogen-bond donors (Lipinski definition) is 1. The third-order valence-electron chi connectivity index (χ3n) is 4.42. The molecule has 1 aliphatic heterocycles. The highest BCUT2D eigenvalue weighted by molar-refractivity contribution is 5.54. The highest BCUT2D eigenvalue weighted by Crippen LogP contribution is 2.19. The van der Waals surface area contributed by atoms with Crippen molar-refractivity contribution in [2.45, 2.75) is 19.4 Å². The number of anilines is 1. The SMILES string of the molecule is c1ccc(OCc2noc(-c3ccc(NCC4CCCOC4)nc3)n2)cc1. The fraction of sp³-hybridized carbons (Fsp3) is 0.350. The van der Waals surface area contributed by atoms with E-state index in [0.717, 1.165) is 43.3 Å². The van der Waals surface area contributed by atoms with Crippen molar-refractivity contribution in [3.8, 4) is 17.2 Å². The second kappa shape index (κ2) is 8.64. The molecule has 3 heterocycles. The van der Waals surface area contributed by atoms with Crippen molar-refractivity contribution in [1.29, 1.82) is 0 Å². The minimum Gasteiger partial charge on any atom is -0.485 e. The average Bonchev–Trinajstić information content (AvgIpc) is 3.22. The second-order valence-corrected chi connectivity index (χ2v) is 6.51. The maximum atomic E-state index is 5.63. The molecular weight excluding hydrogens is 344 g/mol. The Balaban J connectivity index is 1.31. The standard InChI is InChI=1S/C20H22N4O3/c1-2-6-17(7-3-1)26-14-19-23-20(27-24-19)16-8-9-18(22-12-16)21-11-15-5-4-10-25-13-15/h1-3,6-9,12,15H,4-5,10-11,13-14H2,(H,21,22). The van der Waals surface area contributed by atoms with Crippen LogP contribution < -0.4 is 10.1 Å². The van der Waals surface area contributed by atoms with Gasteiger partial charge in [-0.3, -0.25) is 0 Å². The molecule has 4 rings (SSSR count). The summed E-state index contributed by atoms with van der Waals surface area (Å²) in [6.07, 6.45) is 4.06. The van der Waals surface area contributed by atoms with Gasteiger partial charge in [0, 0.05) is 19.3 Å². The van der Waals surface area contributed by atoms with Crippen LogP contribution in [0.4, 0.5) is 5.82 Å². The molecule has 1 aliphatic rings. The first-order chi connectivity index (χ1) is 13.4. The van der Waals surface area contributed by atoms with Crippen LogP contribution in [0, 0.1) is 5.92 Å². The fourth-order valence-corrected chi connectivity index (χ4v) is 2.94. The van der Waals surface area contributed by atoms with E-state index in [0.29, 0.717) is 17.6 Å². The lowest BCUT2D eigenvalue weighted by atomic mass is 10.0. The molecule has 7 heteroatoms. The van der Waals surface area contributed by atoms with Gasteiger partial charge in [0.05, 0.1) is 12.2 Å². The van der Waals surface area contributed by atoms with Crippen LogP contribution in [0.5, 0.6) is 5.75 Å². The predicted molar refractivity (Wildman–Crippen MR) is 100 cm³/mol. The van der Waals surface area contributed by atoms with Gasteiger partial charge in [0.25, 0.3) is 5.89 Å². The molecule has 2 aromatic heterocycles. The van der Waals surface area contributed by atoms with E-state index in [1.54, 1.807) is 6.20 Å². The molecule has 0 aliphatic carbocycles. The zero-order chi connectivity index (χ0) is 18.3. The summed E-state index contributed by atoms with van der Waals surface area (Å²) < 4.78 is 16.4. The van der Waals surface area contributed by atoms with Crippen molar-refractivity contribution in [2.75, 3.05) is 25.1 Å². The van der Waals surface area contributed by atoms with Crippen LogP contribution in [0.3, 0.4) is 0 Å². The van der Waals surface area contributed by atoms with Gasteiger partial charge in [-0.15, -0.1) is 0 Å². The Labute approximate surface area is 157 Å². The highest BCUT2D eigenvalue weighted by Gasteiger charge is 2.14. The molecule has 1 N–H and O–H groups in total.